The Labute approximate surface area is 70.1 Å². The van der Waals surface area contributed by atoms with Crippen LogP contribution in [0.3, 0.4) is 0 Å². The number of hydrogen-bond acceptors (Lipinski definition) is 3. The van der Waals surface area contributed by atoms with Gasteiger partial charge in [-0.2, -0.15) is 8.42 Å². The molecule has 0 unspecified atom stereocenters. The van der Waals surface area contributed by atoms with E-state index in [1.54, 1.807) is 0 Å². The molecule has 7 heteroatoms. The molecule has 0 bridgehead atoms. The van der Waals surface area contributed by atoms with Crippen molar-refractivity contribution in [3.05, 3.63) is 0 Å². The first-order valence-electron chi connectivity index (χ1n) is 2.97. The van der Waals surface area contributed by atoms with Gasteiger partial charge in [0.25, 0.3) is 10.1 Å². The van der Waals surface area contributed by atoms with Gasteiger partial charge in [-0.15, -0.1) is 0 Å². The van der Waals surface area contributed by atoms with Crippen molar-refractivity contribution in [2.24, 2.45) is 0 Å². The predicted molar refractivity (Wildman–Crippen MR) is 43.7 cm³/mol. The van der Waals surface area contributed by atoms with Gasteiger partial charge in [0, 0.05) is 13.1 Å². The molecule has 0 aromatic rings. The van der Waals surface area contributed by atoms with E-state index in [1.807, 2.05) is 0 Å². The first-order chi connectivity index (χ1) is 4.99. The third-order valence-electron chi connectivity index (χ3n) is 1.26. The highest BCUT2D eigenvalue weighted by Gasteiger charge is 2.20. The summed E-state index contributed by atoms with van der Waals surface area (Å²) in [7, 11) is -3.94. The van der Waals surface area contributed by atoms with Crippen LogP contribution in [0.2, 0.25) is 0 Å². The van der Waals surface area contributed by atoms with Gasteiger partial charge in [0.1, 0.15) is 5.88 Å². The van der Waals surface area contributed by atoms with Crippen LogP contribution in [0.1, 0.15) is 0 Å². The Balaban J connectivity index is 2.57. The van der Waals surface area contributed by atoms with Gasteiger partial charge in [-0.1, -0.05) is 0 Å². The van der Waals surface area contributed by atoms with Crippen LogP contribution < -0.4 is 5.32 Å². The monoisotopic (exact) mass is 196 g/mol. The van der Waals surface area contributed by atoms with E-state index >= 15 is 0 Å². The molecule has 0 radical (unpaired) electrons. The van der Waals surface area contributed by atoms with Crippen LogP contribution in [0.4, 0.5) is 0 Å². The average molecular weight is 196 g/mol. The second-order valence-electron chi connectivity index (χ2n) is 2.21. The number of rotatable bonds is 2. The highest BCUT2D eigenvalue weighted by atomic mass is 32.2. The van der Waals surface area contributed by atoms with E-state index in [1.165, 1.54) is 4.90 Å². The molecule has 0 aromatic heterocycles. The molecule has 0 aromatic carbocycles. The summed E-state index contributed by atoms with van der Waals surface area (Å²) < 4.78 is 29.2. The van der Waals surface area contributed by atoms with E-state index in [-0.39, 0.29) is 0 Å². The molecule has 11 heavy (non-hydrogen) atoms. The topological polar surface area (TPSA) is 69.6 Å². The molecule has 0 spiro atoms. The van der Waals surface area contributed by atoms with Crippen molar-refractivity contribution in [3.8, 4) is 0 Å². The molecule has 1 rings (SSSR count). The Morgan fingerprint density at radius 2 is 2.36 bits per heavy atom. The molecule has 0 aliphatic carbocycles. The van der Waals surface area contributed by atoms with Crippen LogP contribution >= 0.6 is 12.2 Å². The summed E-state index contributed by atoms with van der Waals surface area (Å²) in [5.41, 5.74) is 0. The Bertz CT molecular complexity index is 261. The molecule has 0 atom stereocenters. The zero-order chi connectivity index (χ0) is 8.48. The van der Waals surface area contributed by atoms with Crippen molar-refractivity contribution in [2.45, 2.75) is 0 Å². The second kappa shape index (κ2) is 2.92. The van der Waals surface area contributed by atoms with Crippen molar-refractivity contribution < 1.29 is 13.0 Å². The van der Waals surface area contributed by atoms with Gasteiger partial charge >= 0.3 is 0 Å². The minimum atomic E-state index is -3.94. The fourth-order valence-electron chi connectivity index (χ4n) is 0.831. The summed E-state index contributed by atoms with van der Waals surface area (Å²) >= 11 is 4.75. The van der Waals surface area contributed by atoms with Crippen LogP contribution in [0.5, 0.6) is 0 Å². The van der Waals surface area contributed by atoms with Gasteiger partial charge in [-0.05, 0) is 12.2 Å². The first-order valence-corrected chi connectivity index (χ1v) is 4.99. The fourth-order valence-corrected chi connectivity index (χ4v) is 1.82. The molecule has 1 aliphatic rings. The molecule has 0 amide bonds. The second-order valence-corrected chi connectivity index (χ2v) is 4.02. The smallest absolute Gasteiger partial charge is 0.283 e. The summed E-state index contributed by atoms with van der Waals surface area (Å²) in [5, 5.41) is 3.15. The van der Waals surface area contributed by atoms with Crippen molar-refractivity contribution in [3.63, 3.8) is 0 Å². The maximum Gasteiger partial charge on any atom is 0.283 e. The van der Waals surface area contributed by atoms with E-state index in [0.717, 1.165) is 0 Å². The lowest BCUT2D eigenvalue weighted by atomic mass is 10.7. The molecule has 1 fully saturated rings. The van der Waals surface area contributed by atoms with Gasteiger partial charge in [-0.3, -0.25) is 4.55 Å². The number of nitrogens with one attached hydrogen (secondary N) is 1. The maximum absolute atomic E-state index is 10.4. The third kappa shape index (κ3) is 2.60. The van der Waals surface area contributed by atoms with E-state index < -0.39 is 16.0 Å². The van der Waals surface area contributed by atoms with Crippen LogP contribution in [-0.4, -0.2) is 41.9 Å². The zero-order valence-electron chi connectivity index (χ0n) is 5.65. The average Bonchev–Trinajstić information content (AvgIpc) is 2.12. The standard InChI is InChI=1S/C4H8N2O3S2/c7-11(8,9)3-6-2-1-5-4(6)10/h1-3H2,(H,5,10)(H,7,8,9). The lowest BCUT2D eigenvalue weighted by molar-refractivity contribution is 0.444. The molecule has 5 nitrogen and oxygen atoms in total. The molecule has 1 aliphatic heterocycles. The molecule has 2 N–H and O–H groups in total. The molecule has 0 saturated carbocycles. The molecule has 64 valence electrons. The van der Waals surface area contributed by atoms with E-state index in [9.17, 15) is 8.42 Å². The Hall–Kier alpha value is -0.400. The van der Waals surface area contributed by atoms with E-state index in [2.05, 4.69) is 5.32 Å². The summed E-state index contributed by atoms with van der Waals surface area (Å²) in [6.45, 7) is 1.16. The summed E-state index contributed by atoms with van der Waals surface area (Å²) in [6.07, 6.45) is 0. The Morgan fingerprint density at radius 3 is 2.73 bits per heavy atom. The van der Waals surface area contributed by atoms with Gasteiger partial charge in [0.05, 0.1) is 0 Å². The van der Waals surface area contributed by atoms with Gasteiger partial charge in [0.2, 0.25) is 0 Å². The van der Waals surface area contributed by atoms with Crippen molar-refractivity contribution in [2.75, 3.05) is 19.0 Å². The Kier molecular flexibility index (Phi) is 2.31. The number of nitrogens with zero attached hydrogens (tertiary/aromatic N) is 1. The summed E-state index contributed by atoms with van der Waals surface area (Å²) in [6, 6.07) is 0. The lowest BCUT2D eigenvalue weighted by Gasteiger charge is -2.12. The quantitative estimate of drug-likeness (QED) is 0.437. The SMILES string of the molecule is O=S(=O)(O)CN1CCNC1=S. The van der Waals surface area contributed by atoms with Crippen molar-refractivity contribution in [1.29, 1.82) is 0 Å². The highest BCUT2D eigenvalue weighted by Crippen LogP contribution is 1.98. The summed E-state index contributed by atoms with van der Waals surface area (Å²) in [4.78, 5) is 1.39. The van der Waals surface area contributed by atoms with Crippen LogP contribution in [0, 0.1) is 0 Å². The number of hydrogen-bond donors (Lipinski definition) is 2. The minimum Gasteiger partial charge on any atom is -0.361 e. The minimum absolute atomic E-state index is 0.377. The molecule has 1 saturated heterocycles. The van der Waals surface area contributed by atoms with Crippen LogP contribution in [0.15, 0.2) is 0 Å². The van der Waals surface area contributed by atoms with E-state index in [0.29, 0.717) is 18.2 Å². The van der Waals surface area contributed by atoms with Gasteiger partial charge in [-0.25, -0.2) is 0 Å². The van der Waals surface area contributed by atoms with Crippen molar-refractivity contribution >= 4 is 27.4 Å². The predicted octanol–water partition coefficient (Wildman–Crippen LogP) is -0.978. The van der Waals surface area contributed by atoms with Gasteiger partial charge < -0.3 is 10.2 Å². The molecule has 1 heterocycles. The lowest BCUT2D eigenvalue weighted by Crippen LogP contribution is -2.32. The van der Waals surface area contributed by atoms with Crippen molar-refractivity contribution in [1.82, 2.24) is 10.2 Å². The number of thiocarbonyl (C=S) groups is 1. The third-order valence-corrected chi connectivity index (χ3v) is 2.30. The normalized spacial score (nSPS) is 18.6. The first kappa shape index (κ1) is 8.69. The summed E-state index contributed by atoms with van der Waals surface area (Å²) in [5.74, 6) is -0.418. The molecular weight excluding hydrogens is 188 g/mol. The zero-order valence-corrected chi connectivity index (χ0v) is 7.28. The van der Waals surface area contributed by atoms with Crippen LogP contribution in [-0.2, 0) is 10.1 Å². The largest absolute Gasteiger partial charge is 0.361 e. The maximum atomic E-state index is 10.4. The highest BCUT2D eigenvalue weighted by molar-refractivity contribution is 7.85. The molecular formula is C4H8N2O3S2. The van der Waals surface area contributed by atoms with E-state index in [4.69, 9.17) is 16.8 Å². The Morgan fingerprint density at radius 1 is 1.73 bits per heavy atom. The fraction of sp³-hybridized carbons (Fsp3) is 0.750. The van der Waals surface area contributed by atoms with Crippen LogP contribution in [0.25, 0.3) is 0 Å². The van der Waals surface area contributed by atoms with Gasteiger partial charge in [0.15, 0.2) is 5.11 Å².